The fourth-order valence-corrected chi connectivity index (χ4v) is 11.8. The molecule has 1 aliphatic heterocycles. The van der Waals surface area contributed by atoms with Crippen LogP contribution in [0.3, 0.4) is 0 Å². The molecule has 526 valence electrons. The van der Waals surface area contributed by atoms with Crippen LogP contribution < -0.4 is 21.3 Å². The lowest BCUT2D eigenvalue weighted by Gasteiger charge is -2.38. The Labute approximate surface area is 559 Å². The summed E-state index contributed by atoms with van der Waals surface area (Å²) in [5, 5.41) is 22.6. The Kier molecular flexibility index (Phi) is 31.9. The van der Waals surface area contributed by atoms with Gasteiger partial charge in [-0.05, 0) is 95.6 Å². The van der Waals surface area contributed by atoms with Crippen LogP contribution in [0.1, 0.15) is 134 Å². The number of hydrogen-bond acceptors (Lipinski definition) is 14. The maximum atomic E-state index is 15.2. The van der Waals surface area contributed by atoms with Gasteiger partial charge in [-0.3, -0.25) is 52.7 Å². The van der Waals surface area contributed by atoms with Gasteiger partial charge in [0, 0.05) is 74.8 Å². The average Bonchev–Trinajstić information content (AvgIpc) is 0.863. The molecule has 2 aromatic carbocycles. The summed E-state index contributed by atoms with van der Waals surface area (Å²) < 4.78 is 6.15. The number of amides is 10. The van der Waals surface area contributed by atoms with E-state index in [-0.39, 0.29) is 63.1 Å². The number of ether oxygens (including phenoxy) is 1. The van der Waals surface area contributed by atoms with Gasteiger partial charge < -0.3 is 65.4 Å². The van der Waals surface area contributed by atoms with E-state index < -0.39 is 149 Å². The number of aliphatic hydroxyl groups excluding tert-OH is 1. The lowest BCUT2D eigenvalue weighted by Crippen LogP contribution is -2.61. The topological polar surface area (TPSA) is 288 Å². The maximum Gasteiger partial charge on any atom is 0.248 e. The van der Waals surface area contributed by atoms with E-state index in [1.807, 2.05) is 71.9 Å². The first kappa shape index (κ1) is 80.9. The number of Topliss-reactive ketones (excluding diaryl/α,β-unsaturated/α-hetero) is 1. The molecule has 1 aliphatic rings. The van der Waals surface area contributed by atoms with E-state index in [1.165, 1.54) is 99.5 Å². The highest BCUT2D eigenvalue weighted by Crippen LogP contribution is 2.24. The number of rotatable bonds is 14. The Bertz CT molecular complexity index is 2870. The number of hydrogen-bond donors (Lipinski definition) is 5. The maximum absolute atomic E-state index is 15.2. The van der Waals surface area contributed by atoms with Crippen molar-refractivity contribution in [1.82, 2.24) is 55.6 Å². The summed E-state index contributed by atoms with van der Waals surface area (Å²) in [6, 6.07) is 7.25. The number of likely N-dealkylation sites (N-methyl/N-ethyl adjacent to an activating group) is 7. The van der Waals surface area contributed by atoms with Gasteiger partial charge in [-0.2, -0.15) is 0 Å². The van der Waals surface area contributed by atoms with Gasteiger partial charge in [0.25, 0.3) is 0 Å². The van der Waals surface area contributed by atoms with Gasteiger partial charge in [-0.15, -0.1) is 0 Å². The molecule has 0 saturated carbocycles. The smallest absolute Gasteiger partial charge is 0.248 e. The summed E-state index contributed by atoms with van der Waals surface area (Å²) in [6.45, 7) is 23.3. The third-order valence-electron chi connectivity index (χ3n) is 17.8. The van der Waals surface area contributed by atoms with Crippen LogP contribution in [-0.4, -0.2) is 246 Å². The second-order valence-corrected chi connectivity index (χ2v) is 27.9. The molecular formula is C70H113N11O13. The van der Waals surface area contributed by atoms with E-state index in [1.54, 1.807) is 65.0 Å². The molecule has 3 rings (SSSR count). The van der Waals surface area contributed by atoms with Gasteiger partial charge in [0.2, 0.25) is 59.1 Å². The molecule has 12 atom stereocenters. The predicted octanol–water partition coefficient (Wildman–Crippen LogP) is 3.56. The number of ketones is 1. The minimum Gasteiger partial charge on any atom is -0.391 e. The summed E-state index contributed by atoms with van der Waals surface area (Å²) >= 11 is 0. The lowest BCUT2D eigenvalue weighted by atomic mass is 9.93. The van der Waals surface area contributed by atoms with Crippen LogP contribution in [0.2, 0.25) is 0 Å². The summed E-state index contributed by atoms with van der Waals surface area (Å²) in [7, 11) is 10.1. The molecular weight excluding hydrogens is 1200 g/mol. The van der Waals surface area contributed by atoms with Crippen molar-refractivity contribution in [3.63, 3.8) is 0 Å². The van der Waals surface area contributed by atoms with Gasteiger partial charge in [0.05, 0.1) is 43.4 Å². The van der Waals surface area contributed by atoms with Crippen LogP contribution in [0.5, 0.6) is 0 Å². The fraction of sp³-hybridized carbons (Fsp3) is 0.671. The molecule has 24 nitrogen and oxygen atoms in total. The standard InChI is InChI=1S/C70H113N11O13/c1-22-45(8)53-37-58(84)73-52(41-94-70(12,13)14)67(91)80(20)56(36-50-31-27-24-28-32-50)68(92)81(21)61(44(6)7)63(87)72-46(9)64(88)76(16)47(10)65(89)78(18)54(35-49-29-25-23-26-30-49)57(83)39-71-38-51(33-42(2)3)66(90)79(19)55(34-43(4)5)62(86)74-60(48(11)82)69(93)75(15)40-59(85)77(53)17/h23-32,42-48,51-56,60-61,71,82H,22,33-41H2,1-21H3,(H,72,87)(H,73,84)(H,74,86)/t45-,46-,47-,48+,51+,52-,53+,54-,55?,56-,60-,61-/m0/s1. The van der Waals surface area contributed by atoms with Crippen LogP contribution in [-0.2, 0) is 70.3 Å². The summed E-state index contributed by atoms with van der Waals surface area (Å²) in [4.78, 5) is 170. The first-order chi connectivity index (χ1) is 43.8. The molecule has 24 heteroatoms. The highest BCUT2D eigenvalue weighted by Gasteiger charge is 2.42. The van der Waals surface area contributed by atoms with Crippen LogP contribution in [0.25, 0.3) is 0 Å². The Balaban J connectivity index is 2.26. The number of benzene rings is 2. The monoisotopic (exact) mass is 1320 g/mol. The molecule has 1 fully saturated rings. The Morgan fingerprint density at radius 3 is 1.60 bits per heavy atom. The molecule has 0 aliphatic carbocycles. The first-order valence-corrected chi connectivity index (χ1v) is 33.1. The normalized spacial score (nSPS) is 25.8. The van der Waals surface area contributed by atoms with Crippen molar-refractivity contribution >= 4 is 64.9 Å². The number of aliphatic hydroxyl groups is 1. The third-order valence-corrected chi connectivity index (χ3v) is 17.8. The molecule has 0 spiro atoms. The van der Waals surface area contributed by atoms with E-state index >= 15 is 9.59 Å². The van der Waals surface area contributed by atoms with Gasteiger partial charge in [0.1, 0.15) is 42.3 Å². The van der Waals surface area contributed by atoms with E-state index in [9.17, 15) is 48.3 Å². The van der Waals surface area contributed by atoms with Gasteiger partial charge in [0.15, 0.2) is 5.78 Å². The third kappa shape index (κ3) is 23.6. The first-order valence-electron chi connectivity index (χ1n) is 33.1. The van der Waals surface area contributed by atoms with Gasteiger partial charge in [-0.25, -0.2) is 0 Å². The van der Waals surface area contributed by atoms with Gasteiger partial charge >= 0.3 is 0 Å². The summed E-state index contributed by atoms with van der Waals surface area (Å²) in [6.07, 6.45) is -0.681. The molecule has 0 radical (unpaired) electrons. The predicted molar refractivity (Wildman–Crippen MR) is 361 cm³/mol. The van der Waals surface area contributed by atoms with Crippen LogP contribution in [0.15, 0.2) is 60.7 Å². The fourth-order valence-electron chi connectivity index (χ4n) is 11.8. The largest absolute Gasteiger partial charge is 0.391 e. The molecule has 94 heavy (non-hydrogen) atoms. The van der Waals surface area contributed by atoms with Crippen molar-refractivity contribution in [1.29, 1.82) is 0 Å². The van der Waals surface area contributed by atoms with Gasteiger partial charge in [-0.1, -0.05) is 122 Å². The van der Waals surface area contributed by atoms with Crippen molar-refractivity contribution in [3.8, 4) is 0 Å². The lowest BCUT2D eigenvalue weighted by molar-refractivity contribution is -0.151. The zero-order chi connectivity index (χ0) is 71.4. The molecule has 10 amide bonds. The van der Waals surface area contributed by atoms with E-state index in [0.717, 1.165) is 10.5 Å². The van der Waals surface area contributed by atoms with Crippen molar-refractivity contribution < 1.29 is 62.6 Å². The molecule has 2 aromatic rings. The number of nitrogens with zero attached hydrogens (tertiary/aromatic N) is 7. The molecule has 5 N–H and O–H groups in total. The van der Waals surface area contributed by atoms with Crippen LogP contribution in [0, 0.1) is 29.6 Å². The van der Waals surface area contributed by atoms with E-state index in [4.69, 9.17) is 4.74 Å². The molecule has 1 heterocycles. The van der Waals surface area contributed by atoms with E-state index in [0.29, 0.717) is 18.4 Å². The second kappa shape index (κ2) is 37.1. The minimum absolute atomic E-state index is 0.000232. The highest BCUT2D eigenvalue weighted by molar-refractivity contribution is 5.98. The summed E-state index contributed by atoms with van der Waals surface area (Å²) in [5.74, 6) is -8.60. The molecule has 1 unspecified atom stereocenters. The summed E-state index contributed by atoms with van der Waals surface area (Å²) in [5.41, 5.74) is 0.615. The highest BCUT2D eigenvalue weighted by atomic mass is 16.5. The van der Waals surface area contributed by atoms with Crippen molar-refractivity contribution in [3.05, 3.63) is 71.8 Å². The van der Waals surface area contributed by atoms with Crippen LogP contribution in [0.4, 0.5) is 0 Å². The van der Waals surface area contributed by atoms with Crippen molar-refractivity contribution in [2.45, 2.75) is 202 Å². The molecule has 0 aromatic heterocycles. The van der Waals surface area contributed by atoms with E-state index in [2.05, 4.69) is 21.3 Å². The minimum atomic E-state index is -1.57. The second-order valence-electron chi connectivity index (χ2n) is 27.9. The Hall–Kier alpha value is -7.31. The quantitative estimate of drug-likeness (QED) is 0.181. The molecule has 1 saturated heterocycles. The van der Waals surface area contributed by atoms with Crippen LogP contribution >= 0.6 is 0 Å². The SMILES string of the molecule is CC[C@H](C)[C@H]1CC(=O)N[C@@H](COC(C)(C)C)C(=O)N(C)[C@@H](Cc2ccccc2)C(=O)N(C)[C@@H](C(C)C)C(=O)N[C@@H](C)C(=O)N(C)[C@@H](C)C(=O)N(C)[C@@H](Cc2ccccc2)C(=O)CNC[C@@H](CC(C)C)C(=O)N(C)C(CC(C)C)C(=O)N[C@@H]([C@@H](C)O)C(=O)N(C)CC(=O)N1C. The number of nitrogens with one attached hydrogen (secondary N) is 4. The zero-order valence-electron chi connectivity index (χ0n) is 60.0. The zero-order valence-corrected chi connectivity index (χ0v) is 60.0. The van der Waals surface area contributed by atoms with Crippen molar-refractivity contribution in [2.24, 2.45) is 29.6 Å². The Morgan fingerprint density at radius 2 is 1.10 bits per heavy atom. The Morgan fingerprint density at radius 1 is 0.574 bits per heavy atom. The van der Waals surface area contributed by atoms with Crippen molar-refractivity contribution in [2.75, 3.05) is 75.6 Å². The average molecular weight is 1320 g/mol. The molecule has 0 bridgehead atoms. The number of carbonyl (C=O) groups is 11. The number of carbonyl (C=O) groups excluding carboxylic acids is 11.